The number of methoxy groups -OCH3 is 3. The Labute approximate surface area is 345 Å². The Balaban J connectivity index is 1.36. The number of para-hydroxylation sites is 1. The fraction of sp³-hybridized carbons (Fsp3) is 0.587. The van der Waals surface area contributed by atoms with E-state index in [0.29, 0.717) is 82.6 Å². The van der Waals surface area contributed by atoms with Crippen LogP contribution >= 0.6 is 0 Å². The molecule has 10 atom stereocenters. The van der Waals surface area contributed by atoms with Gasteiger partial charge in [-0.25, -0.2) is 4.79 Å². The monoisotopic (exact) mass is 810 g/mol. The van der Waals surface area contributed by atoms with Gasteiger partial charge in [0.2, 0.25) is 5.60 Å². The lowest BCUT2D eigenvalue weighted by Gasteiger charge is -2.63. The van der Waals surface area contributed by atoms with Crippen molar-refractivity contribution in [3.05, 3.63) is 70.9 Å². The van der Waals surface area contributed by atoms with Crippen LogP contribution in [0.3, 0.4) is 0 Å². The number of aromatic amines is 1. The lowest BCUT2D eigenvalue weighted by atomic mass is 9.47. The summed E-state index contributed by atoms with van der Waals surface area (Å²) in [6.45, 7) is 8.62. The van der Waals surface area contributed by atoms with Gasteiger partial charge in [0.05, 0.1) is 33.0 Å². The molecule has 2 saturated heterocycles. The molecule has 4 unspecified atom stereocenters. The highest BCUT2D eigenvalue weighted by Crippen LogP contribution is 2.68. The summed E-state index contributed by atoms with van der Waals surface area (Å²) < 4.78 is 23.9. The predicted octanol–water partition coefficient (Wildman–Crippen LogP) is 3.99. The second-order valence-corrected chi connectivity index (χ2v) is 18.2. The number of anilines is 1. The normalized spacial score (nSPS) is 37.0. The Hall–Kier alpha value is -4.43. The first-order valence-electron chi connectivity index (χ1n) is 21.2. The third-order valence-corrected chi connectivity index (χ3v) is 15.6. The number of carbonyl (C=O) groups excluding carboxylic acids is 3. The summed E-state index contributed by atoms with van der Waals surface area (Å²) in [5, 5.41) is 26.3. The third-order valence-electron chi connectivity index (χ3n) is 15.6. The SMILES string of the molecule is CCC1(O)CC2CN(CCc3c([nH]c4ccccc34)[C@@](C(=O)OC)(c3cc4c(cc3OC)N(C)[C@H]3C(O)(C(=O)OC)[C@H](OC(C)=O)[C@]5(CC)C=CCN6CC[C@]43[C@@H]65)C2)C1. The number of nitrogens with one attached hydrogen (secondary N) is 1. The Morgan fingerprint density at radius 3 is 2.41 bits per heavy atom. The summed E-state index contributed by atoms with van der Waals surface area (Å²) in [6.07, 6.45) is 5.94. The molecule has 0 radical (unpaired) electrons. The van der Waals surface area contributed by atoms with Crippen LogP contribution in [0.1, 0.15) is 75.3 Å². The number of ether oxygens (including phenoxy) is 4. The largest absolute Gasteiger partial charge is 0.496 e. The number of esters is 3. The second-order valence-electron chi connectivity index (χ2n) is 18.2. The molecule has 3 aromatic rings. The molecule has 6 heterocycles. The van der Waals surface area contributed by atoms with Gasteiger partial charge in [0.25, 0.3) is 0 Å². The standard InChI is InChI=1S/C46H58N4O9/c1-8-42(54)23-28-24-45(40(52)57-6,36-30(15-19-49(25-28)26-42)29-13-10-11-14-33(29)47-36)32-21-31-34(22-35(32)56-5)48(4)38-44(31)17-20-50-18-12-16-43(9-2,37(44)50)39(59-27(3)51)46(38,55)41(53)58-7/h10-14,16,21-22,28,37-39,47,54-55H,8-9,15,17-20,23-26H2,1-7H3/t28?,37-,38+,39+,42?,43+,44+,45-,46?/m0/s1. The van der Waals surface area contributed by atoms with Crippen LogP contribution < -0.4 is 9.64 Å². The van der Waals surface area contributed by atoms with E-state index in [1.807, 2.05) is 50.1 Å². The van der Waals surface area contributed by atoms with Crippen LogP contribution in [-0.2, 0) is 45.8 Å². The number of H-pyrrole nitrogens is 1. The first kappa shape index (κ1) is 40.0. The smallest absolute Gasteiger partial charge is 0.344 e. The molecular weight excluding hydrogens is 753 g/mol. The highest BCUT2D eigenvalue weighted by atomic mass is 16.6. The van der Waals surface area contributed by atoms with Crippen molar-refractivity contribution < 1.29 is 43.5 Å². The number of likely N-dealkylation sites (N-methyl/N-ethyl adjacent to an activating group) is 1. The molecule has 5 aliphatic heterocycles. The first-order valence-corrected chi connectivity index (χ1v) is 21.2. The molecule has 2 aromatic carbocycles. The summed E-state index contributed by atoms with van der Waals surface area (Å²) in [7, 11) is 6.15. The minimum Gasteiger partial charge on any atom is -0.496 e. The van der Waals surface area contributed by atoms with Gasteiger partial charge < -0.3 is 39.0 Å². The van der Waals surface area contributed by atoms with E-state index in [-0.39, 0.29) is 12.0 Å². The third kappa shape index (κ3) is 5.20. The average Bonchev–Trinajstić information content (AvgIpc) is 3.90. The Bertz CT molecular complexity index is 2260. The van der Waals surface area contributed by atoms with Crippen molar-refractivity contribution in [1.29, 1.82) is 0 Å². The predicted molar refractivity (Wildman–Crippen MR) is 220 cm³/mol. The van der Waals surface area contributed by atoms with Crippen LogP contribution in [-0.4, -0.2) is 133 Å². The van der Waals surface area contributed by atoms with Crippen molar-refractivity contribution in [2.24, 2.45) is 11.3 Å². The fourth-order valence-corrected chi connectivity index (χ4v) is 13.5. The Kier molecular flexibility index (Phi) is 9.36. The number of hydrogen-bond acceptors (Lipinski definition) is 12. The number of piperidine rings is 1. The number of hydrogen-bond donors (Lipinski definition) is 3. The highest BCUT2D eigenvalue weighted by molar-refractivity contribution is 5.95. The zero-order valence-corrected chi connectivity index (χ0v) is 35.3. The summed E-state index contributed by atoms with van der Waals surface area (Å²) >= 11 is 0. The zero-order valence-electron chi connectivity index (χ0n) is 35.3. The molecule has 1 aliphatic carbocycles. The van der Waals surface area contributed by atoms with E-state index < -0.39 is 57.5 Å². The van der Waals surface area contributed by atoms with Gasteiger partial charge in [-0.2, -0.15) is 0 Å². The zero-order chi connectivity index (χ0) is 41.9. The molecule has 0 amide bonds. The second kappa shape index (κ2) is 13.8. The molecule has 6 aliphatic rings. The summed E-state index contributed by atoms with van der Waals surface area (Å²) in [5.41, 5.74) is -1.62. The molecule has 1 spiro atoms. The maximum absolute atomic E-state index is 15.3. The van der Waals surface area contributed by atoms with E-state index in [1.165, 1.54) is 21.1 Å². The van der Waals surface area contributed by atoms with Crippen molar-refractivity contribution in [3.8, 4) is 5.75 Å². The molecule has 316 valence electrons. The van der Waals surface area contributed by atoms with Gasteiger partial charge >= 0.3 is 17.9 Å². The maximum Gasteiger partial charge on any atom is 0.344 e. The van der Waals surface area contributed by atoms with Crippen LogP contribution in [0.25, 0.3) is 10.9 Å². The fourth-order valence-electron chi connectivity index (χ4n) is 13.5. The van der Waals surface area contributed by atoms with Gasteiger partial charge in [0, 0.05) is 90.9 Å². The van der Waals surface area contributed by atoms with Crippen molar-refractivity contribution >= 4 is 34.5 Å². The van der Waals surface area contributed by atoms with E-state index >= 15 is 4.79 Å². The lowest BCUT2D eigenvalue weighted by molar-refractivity contribution is -0.228. The summed E-state index contributed by atoms with van der Waals surface area (Å²) in [4.78, 5) is 53.2. The Morgan fingerprint density at radius 2 is 1.71 bits per heavy atom. The topological polar surface area (TPSA) is 154 Å². The summed E-state index contributed by atoms with van der Waals surface area (Å²) in [6, 6.07) is 11.0. The van der Waals surface area contributed by atoms with E-state index in [4.69, 9.17) is 18.9 Å². The van der Waals surface area contributed by atoms with Crippen LogP contribution in [0, 0.1) is 11.3 Å². The van der Waals surface area contributed by atoms with Gasteiger partial charge in [0.15, 0.2) is 6.10 Å². The van der Waals surface area contributed by atoms with Crippen LogP contribution in [0.15, 0.2) is 48.6 Å². The molecule has 1 saturated carbocycles. The molecule has 3 fully saturated rings. The molecular formula is C46H58N4O9. The number of aromatic nitrogens is 1. The number of carbonyl (C=O) groups is 3. The molecule has 9 rings (SSSR count). The number of aliphatic hydroxyl groups is 2. The van der Waals surface area contributed by atoms with Gasteiger partial charge in [-0.1, -0.05) is 44.2 Å². The summed E-state index contributed by atoms with van der Waals surface area (Å²) in [5.74, 6) is -1.56. The molecule has 59 heavy (non-hydrogen) atoms. The van der Waals surface area contributed by atoms with Gasteiger partial charge in [-0.05, 0) is 74.2 Å². The van der Waals surface area contributed by atoms with Crippen LogP contribution in [0.2, 0.25) is 0 Å². The van der Waals surface area contributed by atoms with Crippen molar-refractivity contribution in [2.75, 3.05) is 66.0 Å². The average molecular weight is 811 g/mol. The van der Waals surface area contributed by atoms with Crippen molar-refractivity contribution in [3.63, 3.8) is 0 Å². The lowest BCUT2D eigenvalue weighted by Crippen LogP contribution is -2.81. The number of fused-ring (bicyclic) bond motifs is 6. The van der Waals surface area contributed by atoms with Crippen molar-refractivity contribution in [2.45, 2.75) is 99.5 Å². The minimum absolute atomic E-state index is 0.0986. The molecule has 3 N–H and O–H groups in total. The maximum atomic E-state index is 15.3. The number of nitrogens with zero attached hydrogens (tertiary/aromatic N) is 3. The quantitative estimate of drug-likeness (QED) is 0.180. The Morgan fingerprint density at radius 1 is 0.949 bits per heavy atom. The van der Waals surface area contributed by atoms with Gasteiger partial charge in [-0.15, -0.1) is 0 Å². The van der Waals surface area contributed by atoms with E-state index in [0.717, 1.165) is 33.4 Å². The molecule has 13 heteroatoms. The van der Waals surface area contributed by atoms with Crippen LogP contribution in [0.4, 0.5) is 5.69 Å². The number of rotatable bonds is 7. The minimum atomic E-state index is -2.30. The van der Waals surface area contributed by atoms with E-state index in [1.54, 1.807) is 7.11 Å². The first-order chi connectivity index (χ1) is 28.2. The number of benzene rings is 2. The molecule has 2 bridgehead atoms. The molecule has 1 aromatic heterocycles. The highest BCUT2D eigenvalue weighted by Gasteiger charge is 2.80. The van der Waals surface area contributed by atoms with Crippen LogP contribution in [0.5, 0.6) is 5.75 Å². The molecule has 13 nitrogen and oxygen atoms in total. The van der Waals surface area contributed by atoms with E-state index in [2.05, 4.69) is 39.1 Å². The van der Waals surface area contributed by atoms with Crippen molar-refractivity contribution in [1.82, 2.24) is 14.8 Å². The van der Waals surface area contributed by atoms with E-state index in [9.17, 15) is 19.8 Å². The van der Waals surface area contributed by atoms with Gasteiger partial charge in [-0.3, -0.25) is 19.4 Å². The van der Waals surface area contributed by atoms with Gasteiger partial charge in [0.1, 0.15) is 11.2 Å².